The predicted octanol–water partition coefficient (Wildman–Crippen LogP) is 1.37. The Morgan fingerprint density at radius 3 is 3.09 bits per heavy atom. The van der Waals surface area contributed by atoms with E-state index < -0.39 is 0 Å². The Morgan fingerprint density at radius 1 is 1.41 bits per heavy atom. The number of hydrogen-bond donors (Lipinski definition) is 2. The fourth-order valence-corrected chi connectivity index (χ4v) is 3.18. The number of carbonyl (C=O) groups excluding carboxylic acids is 1. The molecule has 4 rings (SSSR count). The van der Waals surface area contributed by atoms with E-state index in [1.807, 2.05) is 10.8 Å². The van der Waals surface area contributed by atoms with Gasteiger partial charge in [-0.2, -0.15) is 4.37 Å². The van der Waals surface area contributed by atoms with Crippen LogP contribution in [0, 0.1) is 0 Å². The summed E-state index contributed by atoms with van der Waals surface area (Å²) in [4.78, 5) is 20.5. The molecule has 1 aliphatic heterocycles. The van der Waals surface area contributed by atoms with Crippen LogP contribution < -0.4 is 10.6 Å². The van der Waals surface area contributed by atoms with E-state index >= 15 is 0 Å². The third-order valence-electron chi connectivity index (χ3n) is 3.88. The first-order valence-corrected chi connectivity index (χ1v) is 8.03. The Hall–Kier alpha value is -2.00. The number of carbonyl (C=O) groups is 1. The number of amides is 2. The van der Waals surface area contributed by atoms with Gasteiger partial charge in [-0.1, -0.05) is 0 Å². The van der Waals surface area contributed by atoms with Gasteiger partial charge >= 0.3 is 6.03 Å². The van der Waals surface area contributed by atoms with E-state index in [4.69, 9.17) is 4.74 Å². The van der Waals surface area contributed by atoms with Crippen molar-refractivity contribution in [2.75, 3.05) is 18.5 Å². The minimum absolute atomic E-state index is 0.0599. The van der Waals surface area contributed by atoms with Crippen LogP contribution >= 0.6 is 11.5 Å². The molecule has 1 saturated heterocycles. The number of urea groups is 1. The zero-order valence-electron chi connectivity index (χ0n) is 11.8. The zero-order valence-corrected chi connectivity index (χ0v) is 12.6. The fraction of sp³-hybridized carbons (Fsp3) is 0.538. The number of aromatic nitrogens is 4. The van der Waals surface area contributed by atoms with Crippen LogP contribution in [0.4, 0.5) is 9.93 Å². The highest BCUT2D eigenvalue weighted by atomic mass is 32.1. The summed E-state index contributed by atoms with van der Waals surface area (Å²) in [5, 5.41) is 6.23. The minimum atomic E-state index is -0.279. The monoisotopic (exact) mass is 320 g/mol. The molecule has 9 heteroatoms. The average Bonchev–Trinajstić information content (AvgIpc) is 2.95. The number of rotatable bonds is 4. The number of nitrogens with zero attached hydrogens (tertiary/aromatic N) is 4. The summed E-state index contributed by atoms with van der Waals surface area (Å²) in [7, 11) is 0. The molecule has 0 aromatic carbocycles. The number of imidazole rings is 1. The van der Waals surface area contributed by atoms with E-state index in [0.717, 1.165) is 18.7 Å². The van der Waals surface area contributed by atoms with Crippen LogP contribution in [0.25, 0.3) is 0 Å². The molecule has 0 bridgehead atoms. The molecule has 116 valence electrons. The highest BCUT2D eigenvalue weighted by molar-refractivity contribution is 7.09. The lowest BCUT2D eigenvalue weighted by molar-refractivity contribution is 0.183. The first-order valence-electron chi connectivity index (χ1n) is 7.26. The van der Waals surface area contributed by atoms with Gasteiger partial charge in [-0.15, -0.1) is 0 Å². The zero-order chi connectivity index (χ0) is 14.9. The second kappa shape index (κ2) is 5.65. The molecule has 22 heavy (non-hydrogen) atoms. The molecule has 2 aromatic rings. The van der Waals surface area contributed by atoms with Crippen LogP contribution in [-0.2, 0) is 4.74 Å². The summed E-state index contributed by atoms with van der Waals surface area (Å²) in [6.07, 6.45) is 7.62. The SMILES string of the molecule is O=C(Nc1nc(C2CC2)ns1)N[C@@H]1COC[C@@H]1n1ccnc1. The highest BCUT2D eigenvalue weighted by Crippen LogP contribution is 2.39. The van der Waals surface area contributed by atoms with E-state index in [0.29, 0.717) is 24.3 Å². The molecule has 2 amide bonds. The molecule has 2 aromatic heterocycles. The summed E-state index contributed by atoms with van der Waals surface area (Å²) < 4.78 is 11.7. The van der Waals surface area contributed by atoms with Gasteiger partial charge in [0.1, 0.15) is 5.82 Å². The lowest BCUT2D eigenvalue weighted by atomic mass is 10.2. The van der Waals surface area contributed by atoms with Gasteiger partial charge in [0.25, 0.3) is 0 Å². The number of ether oxygens (including phenoxy) is 1. The standard InChI is InChI=1S/C13H16N6O2S/c20-12(17-13-16-11(18-22-13)8-1-2-8)15-9-5-21-6-10(9)19-4-3-14-7-19/h3-4,7-10H,1-2,5-6H2,(H2,15,16,17,18,20)/t9-,10+/m1/s1. The van der Waals surface area contributed by atoms with Crippen LogP contribution in [0.2, 0.25) is 0 Å². The molecule has 1 saturated carbocycles. The maximum absolute atomic E-state index is 12.1. The summed E-state index contributed by atoms with van der Waals surface area (Å²) in [6.45, 7) is 1.05. The molecule has 2 N–H and O–H groups in total. The van der Waals surface area contributed by atoms with Gasteiger partial charge in [-0.3, -0.25) is 5.32 Å². The van der Waals surface area contributed by atoms with Crippen molar-refractivity contribution in [3.63, 3.8) is 0 Å². The Bertz CT molecular complexity index is 653. The Labute approximate surface area is 131 Å². The second-order valence-electron chi connectivity index (χ2n) is 5.55. The molecule has 0 radical (unpaired) electrons. The summed E-state index contributed by atoms with van der Waals surface area (Å²) in [5.74, 6) is 1.34. The Morgan fingerprint density at radius 2 is 2.32 bits per heavy atom. The minimum Gasteiger partial charge on any atom is -0.377 e. The van der Waals surface area contributed by atoms with Crippen molar-refractivity contribution in [3.05, 3.63) is 24.5 Å². The predicted molar refractivity (Wildman–Crippen MR) is 79.9 cm³/mol. The molecule has 2 atom stereocenters. The van der Waals surface area contributed by atoms with Crippen molar-refractivity contribution in [1.82, 2.24) is 24.2 Å². The van der Waals surface area contributed by atoms with Gasteiger partial charge in [-0.25, -0.2) is 14.8 Å². The van der Waals surface area contributed by atoms with Crippen molar-refractivity contribution < 1.29 is 9.53 Å². The van der Waals surface area contributed by atoms with Crippen LogP contribution in [0.15, 0.2) is 18.7 Å². The van der Waals surface area contributed by atoms with Crippen molar-refractivity contribution in [1.29, 1.82) is 0 Å². The molecule has 1 aliphatic carbocycles. The normalized spacial score (nSPS) is 24.4. The molecule has 2 aliphatic rings. The van der Waals surface area contributed by atoms with E-state index in [1.54, 1.807) is 12.5 Å². The number of hydrogen-bond acceptors (Lipinski definition) is 6. The van der Waals surface area contributed by atoms with Crippen molar-refractivity contribution >= 4 is 22.7 Å². The van der Waals surface area contributed by atoms with Gasteiger partial charge in [-0.05, 0) is 12.8 Å². The smallest absolute Gasteiger partial charge is 0.321 e. The Kier molecular flexibility index (Phi) is 3.51. The third kappa shape index (κ3) is 2.81. The van der Waals surface area contributed by atoms with E-state index in [2.05, 4.69) is 25.0 Å². The molecular weight excluding hydrogens is 304 g/mol. The van der Waals surface area contributed by atoms with Gasteiger partial charge in [0.2, 0.25) is 5.13 Å². The second-order valence-corrected chi connectivity index (χ2v) is 6.30. The maximum atomic E-state index is 12.1. The largest absolute Gasteiger partial charge is 0.377 e. The average molecular weight is 320 g/mol. The quantitative estimate of drug-likeness (QED) is 0.887. The van der Waals surface area contributed by atoms with Gasteiger partial charge in [0.15, 0.2) is 0 Å². The summed E-state index contributed by atoms with van der Waals surface area (Å²) in [6, 6.07) is -0.311. The van der Waals surface area contributed by atoms with Crippen LogP contribution in [-0.4, -0.2) is 44.2 Å². The van der Waals surface area contributed by atoms with Crippen LogP contribution in [0.3, 0.4) is 0 Å². The molecule has 8 nitrogen and oxygen atoms in total. The maximum Gasteiger partial charge on any atom is 0.321 e. The fourth-order valence-electron chi connectivity index (χ4n) is 2.53. The molecule has 3 heterocycles. The third-order valence-corrected chi connectivity index (χ3v) is 4.52. The Balaban J connectivity index is 1.36. The van der Waals surface area contributed by atoms with E-state index in [-0.39, 0.29) is 18.1 Å². The molecule has 2 fully saturated rings. The highest BCUT2D eigenvalue weighted by Gasteiger charge is 2.31. The summed E-state index contributed by atoms with van der Waals surface area (Å²) in [5.41, 5.74) is 0. The first kappa shape index (κ1) is 13.6. The van der Waals surface area contributed by atoms with E-state index in [1.165, 1.54) is 11.5 Å². The van der Waals surface area contributed by atoms with Crippen molar-refractivity contribution in [2.24, 2.45) is 0 Å². The van der Waals surface area contributed by atoms with E-state index in [9.17, 15) is 4.79 Å². The topological polar surface area (TPSA) is 94.0 Å². The van der Waals surface area contributed by atoms with Gasteiger partial charge in [0, 0.05) is 29.8 Å². The molecule has 0 unspecified atom stereocenters. The van der Waals surface area contributed by atoms with Crippen LogP contribution in [0.1, 0.15) is 30.6 Å². The van der Waals surface area contributed by atoms with Crippen LogP contribution in [0.5, 0.6) is 0 Å². The first-order chi connectivity index (χ1) is 10.8. The summed E-state index contributed by atoms with van der Waals surface area (Å²) >= 11 is 1.22. The number of nitrogens with one attached hydrogen (secondary N) is 2. The lowest BCUT2D eigenvalue weighted by Crippen LogP contribution is -2.42. The van der Waals surface area contributed by atoms with Gasteiger partial charge < -0.3 is 14.6 Å². The molecule has 0 spiro atoms. The lowest BCUT2D eigenvalue weighted by Gasteiger charge is -2.19. The van der Waals surface area contributed by atoms with Gasteiger partial charge in [0.05, 0.1) is 31.6 Å². The molecular formula is C13H16N6O2S. The van der Waals surface area contributed by atoms with Crippen molar-refractivity contribution in [3.8, 4) is 0 Å². The van der Waals surface area contributed by atoms with Crippen molar-refractivity contribution in [2.45, 2.75) is 30.8 Å². The number of anilines is 1.